The molecule has 1 rings (SSSR count). The van der Waals surface area contributed by atoms with Gasteiger partial charge in [-0.3, -0.25) is 0 Å². The van der Waals surface area contributed by atoms with Gasteiger partial charge in [0.05, 0.1) is 8.07 Å². The van der Waals surface area contributed by atoms with E-state index >= 15 is 0 Å². The highest BCUT2D eigenvalue weighted by atomic mass is 28.3. The number of hydrogen-bond acceptors (Lipinski definition) is 3. The predicted molar refractivity (Wildman–Crippen MR) is 67.5 cm³/mol. The Morgan fingerprint density at radius 2 is 1.19 bits per heavy atom. The molecule has 0 saturated heterocycles. The third-order valence-electron chi connectivity index (χ3n) is 3.16. The molecule has 1 aromatic rings. The van der Waals surface area contributed by atoms with Crippen LogP contribution in [0.5, 0.6) is 0 Å². The molecule has 16 heavy (non-hydrogen) atoms. The van der Waals surface area contributed by atoms with Gasteiger partial charge in [-0.2, -0.15) is 0 Å². The molecule has 0 aliphatic heterocycles. The van der Waals surface area contributed by atoms with Crippen LogP contribution in [0, 0.1) is 0 Å². The molecule has 0 saturated carbocycles. The van der Waals surface area contributed by atoms with Crippen molar-refractivity contribution in [2.45, 2.75) is 18.1 Å². The van der Waals surface area contributed by atoms with Crippen molar-refractivity contribution in [2.24, 2.45) is 0 Å². The van der Waals surface area contributed by atoms with E-state index in [1.54, 1.807) is 0 Å². The van der Waals surface area contributed by atoms with Gasteiger partial charge in [-0.25, -0.2) is 0 Å². The van der Waals surface area contributed by atoms with Crippen molar-refractivity contribution in [2.75, 3.05) is 19.8 Å². The molecular formula is C12H20O3Si. The summed E-state index contributed by atoms with van der Waals surface area (Å²) >= 11 is 0. The fraction of sp³-hybridized carbons (Fsp3) is 0.500. The summed E-state index contributed by atoms with van der Waals surface area (Å²) in [7, 11) is -1.92. The SMILES string of the molecule is OCC[Si](CCO)(CCO)c1ccccc1. The molecule has 0 unspecified atom stereocenters. The Bertz CT molecular complexity index is 273. The summed E-state index contributed by atoms with van der Waals surface area (Å²) in [6, 6.07) is 12.1. The number of aliphatic hydroxyl groups is 3. The van der Waals surface area contributed by atoms with Crippen molar-refractivity contribution in [3.05, 3.63) is 30.3 Å². The molecule has 0 amide bonds. The maximum Gasteiger partial charge on any atom is 0.0934 e. The Hall–Kier alpha value is -0.683. The molecule has 4 heteroatoms. The van der Waals surface area contributed by atoms with Crippen LogP contribution in [-0.4, -0.2) is 43.2 Å². The van der Waals surface area contributed by atoms with Gasteiger partial charge in [-0.1, -0.05) is 35.5 Å². The minimum Gasteiger partial charge on any atom is -0.397 e. The largest absolute Gasteiger partial charge is 0.397 e. The average Bonchev–Trinajstić information content (AvgIpc) is 2.31. The minimum atomic E-state index is -1.92. The molecule has 0 aliphatic carbocycles. The van der Waals surface area contributed by atoms with E-state index in [4.69, 9.17) is 0 Å². The first-order valence-corrected chi connectivity index (χ1v) is 8.29. The second-order valence-corrected chi connectivity index (χ2v) is 8.71. The second-order valence-electron chi connectivity index (χ2n) is 4.07. The van der Waals surface area contributed by atoms with Crippen LogP contribution in [-0.2, 0) is 0 Å². The lowest BCUT2D eigenvalue weighted by Crippen LogP contribution is -2.49. The zero-order chi connectivity index (χ0) is 11.9. The topological polar surface area (TPSA) is 60.7 Å². The van der Waals surface area contributed by atoms with Crippen molar-refractivity contribution < 1.29 is 15.3 Å². The Morgan fingerprint density at radius 3 is 1.56 bits per heavy atom. The first-order valence-electron chi connectivity index (χ1n) is 5.67. The second kappa shape index (κ2) is 6.80. The van der Waals surface area contributed by atoms with Crippen LogP contribution in [0.3, 0.4) is 0 Å². The quantitative estimate of drug-likeness (QED) is 0.602. The van der Waals surface area contributed by atoms with Crippen molar-refractivity contribution in [3.8, 4) is 0 Å². The fourth-order valence-electron chi connectivity index (χ4n) is 2.24. The molecule has 0 aromatic heterocycles. The molecule has 0 radical (unpaired) electrons. The molecule has 0 bridgehead atoms. The molecule has 0 atom stereocenters. The Labute approximate surface area is 97.4 Å². The Balaban J connectivity index is 2.99. The highest BCUT2D eigenvalue weighted by Crippen LogP contribution is 2.20. The summed E-state index contributed by atoms with van der Waals surface area (Å²) in [5.41, 5.74) is 0. The predicted octanol–water partition coefficient (Wildman–Crippen LogP) is 0.319. The molecule has 0 heterocycles. The van der Waals surface area contributed by atoms with Crippen LogP contribution in [0.15, 0.2) is 30.3 Å². The fourth-order valence-corrected chi connectivity index (χ4v) is 6.04. The van der Waals surface area contributed by atoms with Gasteiger partial charge < -0.3 is 15.3 Å². The molecule has 0 fully saturated rings. The maximum absolute atomic E-state index is 9.19. The van der Waals surface area contributed by atoms with E-state index in [0.717, 1.165) is 0 Å². The summed E-state index contributed by atoms with van der Waals surface area (Å²) in [6.45, 7) is 0.378. The highest BCUT2D eigenvalue weighted by molar-refractivity contribution is 6.92. The summed E-state index contributed by atoms with van der Waals surface area (Å²) in [6.07, 6.45) is 0. The lowest BCUT2D eigenvalue weighted by Gasteiger charge is -2.30. The summed E-state index contributed by atoms with van der Waals surface area (Å²) in [4.78, 5) is 0. The van der Waals surface area contributed by atoms with Crippen molar-refractivity contribution in [1.29, 1.82) is 0 Å². The smallest absolute Gasteiger partial charge is 0.0934 e. The summed E-state index contributed by atoms with van der Waals surface area (Å²) < 4.78 is 0. The minimum absolute atomic E-state index is 0.126. The van der Waals surface area contributed by atoms with E-state index in [2.05, 4.69) is 0 Å². The number of benzene rings is 1. The Morgan fingerprint density at radius 1 is 0.750 bits per heavy atom. The zero-order valence-electron chi connectivity index (χ0n) is 9.47. The standard InChI is InChI=1S/C12H20O3Si/c13-6-9-16(10-7-14,11-8-15)12-4-2-1-3-5-12/h1-5,13-15H,6-11H2. The maximum atomic E-state index is 9.19. The lowest BCUT2D eigenvalue weighted by atomic mass is 10.4. The van der Waals surface area contributed by atoms with Crippen LogP contribution in [0.25, 0.3) is 0 Å². The number of rotatable bonds is 7. The van der Waals surface area contributed by atoms with Crippen LogP contribution >= 0.6 is 0 Å². The van der Waals surface area contributed by atoms with Crippen LogP contribution in [0.4, 0.5) is 0 Å². The van der Waals surface area contributed by atoms with Gasteiger partial charge in [-0.05, 0) is 18.1 Å². The molecule has 1 aromatic carbocycles. The van der Waals surface area contributed by atoms with Crippen LogP contribution in [0.2, 0.25) is 18.1 Å². The van der Waals surface area contributed by atoms with Crippen LogP contribution in [0.1, 0.15) is 0 Å². The third kappa shape index (κ3) is 3.15. The lowest BCUT2D eigenvalue weighted by molar-refractivity contribution is 0.299. The first-order chi connectivity index (χ1) is 7.79. The molecule has 3 nitrogen and oxygen atoms in total. The van der Waals surface area contributed by atoms with E-state index < -0.39 is 8.07 Å². The highest BCUT2D eigenvalue weighted by Gasteiger charge is 2.33. The van der Waals surface area contributed by atoms with Gasteiger partial charge in [0.1, 0.15) is 0 Å². The van der Waals surface area contributed by atoms with Crippen LogP contribution < -0.4 is 5.19 Å². The molecule has 3 N–H and O–H groups in total. The van der Waals surface area contributed by atoms with Crippen molar-refractivity contribution in [1.82, 2.24) is 0 Å². The molecule has 0 spiro atoms. The normalized spacial score (nSPS) is 11.7. The van der Waals surface area contributed by atoms with Gasteiger partial charge in [0.25, 0.3) is 0 Å². The molecule has 90 valence electrons. The third-order valence-corrected chi connectivity index (χ3v) is 8.26. The number of hydrogen-bond donors (Lipinski definition) is 3. The van der Waals surface area contributed by atoms with Crippen molar-refractivity contribution in [3.63, 3.8) is 0 Å². The average molecular weight is 240 g/mol. The first kappa shape index (κ1) is 13.4. The van der Waals surface area contributed by atoms with Gasteiger partial charge in [-0.15, -0.1) is 0 Å². The van der Waals surface area contributed by atoms with Gasteiger partial charge in [0.15, 0.2) is 0 Å². The Kier molecular flexibility index (Phi) is 5.69. The summed E-state index contributed by atoms with van der Waals surface area (Å²) in [5, 5.41) is 28.8. The van der Waals surface area contributed by atoms with E-state index in [-0.39, 0.29) is 19.8 Å². The van der Waals surface area contributed by atoms with Gasteiger partial charge in [0, 0.05) is 19.8 Å². The monoisotopic (exact) mass is 240 g/mol. The molecular weight excluding hydrogens is 220 g/mol. The van der Waals surface area contributed by atoms with E-state index in [1.165, 1.54) is 5.19 Å². The van der Waals surface area contributed by atoms with E-state index in [0.29, 0.717) is 18.1 Å². The summed E-state index contributed by atoms with van der Waals surface area (Å²) in [5.74, 6) is 0. The zero-order valence-corrected chi connectivity index (χ0v) is 10.5. The molecule has 0 aliphatic rings. The van der Waals surface area contributed by atoms with Gasteiger partial charge in [0.2, 0.25) is 0 Å². The van der Waals surface area contributed by atoms with E-state index in [9.17, 15) is 15.3 Å². The van der Waals surface area contributed by atoms with Crippen molar-refractivity contribution >= 4 is 13.3 Å². The van der Waals surface area contributed by atoms with E-state index in [1.807, 2.05) is 30.3 Å². The number of aliphatic hydroxyl groups excluding tert-OH is 3. The van der Waals surface area contributed by atoms with Gasteiger partial charge >= 0.3 is 0 Å².